The van der Waals surface area contributed by atoms with Gasteiger partial charge in [-0.3, -0.25) is 9.59 Å². The lowest BCUT2D eigenvalue weighted by Crippen LogP contribution is -2.37. The first kappa shape index (κ1) is 17.7. The molecule has 0 radical (unpaired) electrons. The third kappa shape index (κ3) is 4.28. The van der Waals surface area contributed by atoms with Gasteiger partial charge in [0.2, 0.25) is 11.8 Å². The molecule has 136 valence electrons. The van der Waals surface area contributed by atoms with Crippen molar-refractivity contribution in [1.29, 1.82) is 0 Å². The normalized spacial score (nSPS) is 21.1. The van der Waals surface area contributed by atoms with E-state index < -0.39 is 0 Å². The summed E-state index contributed by atoms with van der Waals surface area (Å²) in [5, 5.41) is 2.96. The van der Waals surface area contributed by atoms with E-state index in [-0.39, 0.29) is 23.8 Å². The number of anilines is 1. The van der Waals surface area contributed by atoms with E-state index in [2.05, 4.69) is 15.2 Å². The molecule has 2 saturated heterocycles. The van der Waals surface area contributed by atoms with E-state index in [1.54, 1.807) is 11.1 Å². The Labute approximate surface area is 148 Å². The Hall–Kier alpha value is -2.15. The first-order valence-electron chi connectivity index (χ1n) is 8.89. The second-order valence-corrected chi connectivity index (χ2v) is 6.88. The highest BCUT2D eigenvalue weighted by Crippen LogP contribution is 2.20. The molecule has 0 bridgehead atoms. The molecule has 0 aromatic carbocycles. The summed E-state index contributed by atoms with van der Waals surface area (Å²) in [4.78, 5) is 32.7. The van der Waals surface area contributed by atoms with Crippen LogP contribution >= 0.6 is 0 Å². The molecule has 3 rings (SSSR count). The Morgan fingerprint density at radius 2 is 2.16 bits per heavy atom. The fourth-order valence-corrected chi connectivity index (χ4v) is 3.28. The quantitative estimate of drug-likeness (QED) is 0.853. The van der Waals surface area contributed by atoms with E-state index in [9.17, 15) is 9.59 Å². The van der Waals surface area contributed by atoms with Crippen molar-refractivity contribution < 1.29 is 14.3 Å². The minimum Gasteiger partial charge on any atom is -0.378 e. The van der Waals surface area contributed by atoms with Crippen molar-refractivity contribution in [2.24, 2.45) is 5.92 Å². The monoisotopic (exact) mass is 346 g/mol. The predicted molar refractivity (Wildman–Crippen MR) is 94.1 cm³/mol. The summed E-state index contributed by atoms with van der Waals surface area (Å²) in [6, 6.07) is 4.05. The van der Waals surface area contributed by atoms with Crippen LogP contribution in [0.3, 0.4) is 0 Å². The maximum atomic E-state index is 12.4. The van der Waals surface area contributed by atoms with Gasteiger partial charge in [-0.1, -0.05) is 0 Å². The van der Waals surface area contributed by atoms with Gasteiger partial charge in [0, 0.05) is 44.8 Å². The van der Waals surface area contributed by atoms with Gasteiger partial charge in [-0.2, -0.15) is 0 Å². The number of carbonyl (C=O) groups excluding carboxylic acids is 2. The number of ether oxygens (including phenoxy) is 1. The molecule has 1 aromatic rings. The zero-order valence-electron chi connectivity index (χ0n) is 14.9. The van der Waals surface area contributed by atoms with Crippen molar-refractivity contribution in [3.05, 3.63) is 23.9 Å². The van der Waals surface area contributed by atoms with Gasteiger partial charge in [-0.25, -0.2) is 4.98 Å². The summed E-state index contributed by atoms with van der Waals surface area (Å²) in [5.74, 6) is 0.669. The standard InChI is InChI=1S/C18H26N4O3/c1-13(2)22-12-15(10-17(22)23)18(24)20-11-14-3-4-19-16(9-14)21-5-7-25-8-6-21/h3-4,9,13,15H,5-8,10-12H2,1-2H3,(H,20,24)/t15-/m0/s1. The summed E-state index contributed by atoms with van der Waals surface area (Å²) in [6.45, 7) is 8.00. The first-order valence-corrected chi connectivity index (χ1v) is 8.89. The Morgan fingerprint density at radius 1 is 1.40 bits per heavy atom. The van der Waals surface area contributed by atoms with Gasteiger partial charge in [0.05, 0.1) is 19.1 Å². The third-order valence-electron chi connectivity index (χ3n) is 4.76. The zero-order chi connectivity index (χ0) is 17.8. The number of aromatic nitrogens is 1. The fraction of sp³-hybridized carbons (Fsp3) is 0.611. The molecule has 2 amide bonds. The fourth-order valence-electron chi connectivity index (χ4n) is 3.28. The van der Waals surface area contributed by atoms with E-state index in [1.165, 1.54) is 0 Å². The topological polar surface area (TPSA) is 74.8 Å². The molecule has 1 N–H and O–H groups in total. The van der Waals surface area contributed by atoms with Crippen molar-refractivity contribution in [2.75, 3.05) is 37.7 Å². The largest absolute Gasteiger partial charge is 0.378 e. The van der Waals surface area contributed by atoms with Gasteiger partial charge in [0.15, 0.2) is 0 Å². The molecule has 2 fully saturated rings. The van der Waals surface area contributed by atoms with Crippen LogP contribution in [-0.2, 0) is 20.9 Å². The van der Waals surface area contributed by atoms with Crippen LogP contribution in [0, 0.1) is 5.92 Å². The molecular formula is C18H26N4O3. The summed E-state index contributed by atoms with van der Waals surface area (Å²) in [7, 11) is 0. The first-order chi connectivity index (χ1) is 12.0. The molecule has 0 aliphatic carbocycles. The highest BCUT2D eigenvalue weighted by atomic mass is 16.5. The molecule has 7 nitrogen and oxygen atoms in total. The summed E-state index contributed by atoms with van der Waals surface area (Å²) < 4.78 is 5.36. The lowest BCUT2D eigenvalue weighted by atomic mass is 10.1. The molecule has 0 unspecified atom stereocenters. The zero-order valence-corrected chi connectivity index (χ0v) is 14.9. The van der Waals surface area contributed by atoms with Crippen LogP contribution in [0.5, 0.6) is 0 Å². The summed E-state index contributed by atoms with van der Waals surface area (Å²) >= 11 is 0. The highest BCUT2D eigenvalue weighted by molar-refractivity contribution is 5.89. The van der Waals surface area contributed by atoms with Crippen LogP contribution in [0.4, 0.5) is 5.82 Å². The van der Waals surface area contributed by atoms with E-state index >= 15 is 0 Å². The van der Waals surface area contributed by atoms with Crippen molar-refractivity contribution >= 4 is 17.6 Å². The number of hydrogen-bond donors (Lipinski definition) is 1. The Bertz CT molecular complexity index is 629. The lowest BCUT2D eigenvalue weighted by Gasteiger charge is -2.28. The summed E-state index contributed by atoms with van der Waals surface area (Å²) in [5.41, 5.74) is 1.01. The van der Waals surface area contributed by atoms with Gasteiger partial charge in [0.1, 0.15) is 5.82 Å². The van der Waals surface area contributed by atoms with Gasteiger partial charge in [-0.15, -0.1) is 0 Å². The van der Waals surface area contributed by atoms with E-state index in [0.29, 0.717) is 32.7 Å². The SMILES string of the molecule is CC(C)N1C[C@@H](C(=O)NCc2ccnc(N3CCOCC3)c2)CC1=O. The molecule has 0 saturated carbocycles. The van der Waals surface area contributed by atoms with Crippen molar-refractivity contribution in [3.63, 3.8) is 0 Å². The second kappa shape index (κ2) is 7.82. The molecule has 1 aromatic heterocycles. The third-order valence-corrected chi connectivity index (χ3v) is 4.76. The van der Waals surface area contributed by atoms with Crippen molar-refractivity contribution in [2.45, 2.75) is 32.9 Å². The number of hydrogen-bond acceptors (Lipinski definition) is 5. The molecule has 7 heteroatoms. The minimum atomic E-state index is -0.254. The maximum absolute atomic E-state index is 12.4. The van der Waals surface area contributed by atoms with Crippen LogP contribution in [0.1, 0.15) is 25.8 Å². The molecular weight excluding hydrogens is 320 g/mol. The number of nitrogens with zero attached hydrogens (tertiary/aromatic N) is 3. The molecule has 2 aliphatic rings. The van der Waals surface area contributed by atoms with Gasteiger partial charge in [-0.05, 0) is 31.5 Å². The van der Waals surface area contributed by atoms with Crippen molar-refractivity contribution in [3.8, 4) is 0 Å². The number of rotatable bonds is 5. The molecule has 3 heterocycles. The van der Waals surface area contributed by atoms with Crippen LogP contribution in [0.25, 0.3) is 0 Å². The molecule has 2 aliphatic heterocycles. The van der Waals surface area contributed by atoms with E-state index in [0.717, 1.165) is 24.5 Å². The predicted octanol–water partition coefficient (Wildman–Crippen LogP) is 0.791. The number of amides is 2. The lowest BCUT2D eigenvalue weighted by molar-refractivity contribution is -0.129. The van der Waals surface area contributed by atoms with Crippen LogP contribution in [0.15, 0.2) is 18.3 Å². The average Bonchev–Trinajstić information content (AvgIpc) is 3.03. The van der Waals surface area contributed by atoms with Gasteiger partial charge in [0.25, 0.3) is 0 Å². The number of morpholine rings is 1. The van der Waals surface area contributed by atoms with E-state index in [4.69, 9.17) is 4.74 Å². The summed E-state index contributed by atoms with van der Waals surface area (Å²) in [6.07, 6.45) is 2.07. The maximum Gasteiger partial charge on any atom is 0.225 e. The number of pyridine rings is 1. The number of carbonyl (C=O) groups is 2. The number of nitrogens with one attached hydrogen (secondary N) is 1. The molecule has 0 spiro atoms. The smallest absolute Gasteiger partial charge is 0.225 e. The van der Waals surface area contributed by atoms with E-state index in [1.807, 2.05) is 26.0 Å². The van der Waals surface area contributed by atoms with Crippen molar-refractivity contribution in [1.82, 2.24) is 15.2 Å². The molecule has 25 heavy (non-hydrogen) atoms. The van der Waals surface area contributed by atoms with Gasteiger partial charge < -0.3 is 19.9 Å². The van der Waals surface area contributed by atoms with Crippen LogP contribution in [-0.4, -0.2) is 60.6 Å². The highest BCUT2D eigenvalue weighted by Gasteiger charge is 2.35. The van der Waals surface area contributed by atoms with Crippen LogP contribution < -0.4 is 10.2 Å². The van der Waals surface area contributed by atoms with Crippen LogP contribution in [0.2, 0.25) is 0 Å². The Kier molecular flexibility index (Phi) is 5.53. The Balaban J connectivity index is 1.55. The molecule has 1 atom stereocenters. The average molecular weight is 346 g/mol. The number of likely N-dealkylation sites (tertiary alicyclic amines) is 1. The minimum absolute atomic E-state index is 0.0544. The Morgan fingerprint density at radius 3 is 2.84 bits per heavy atom. The van der Waals surface area contributed by atoms with Gasteiger partial charge >= 0.3 is 0 Å². The second-order valence-electron chi connectivity index (χ2n) is 6.88.